The second-order valence-corrected chi connectivity index (χ2v) is 4.82. The minimum Gasteiger partial charge on any atom is -0.381 e. The van der Waals surface area contributed by atoms with Crippen molar-refractivity contribution in [1.29, 1.82) is 0 Å². The molecular weight excluding hydrogens is 222 g/mol. The van der Waals surface area contributed by atoms with Crippen molar-refractivity contribution in [2.75, 3.05) is 26.3 Å². The number of likely N-dealkylation sites (tertiary alicyclic amines) is 1. The summed E-state index contributed by atoms with van der Waals surface area (Å²) in [5.41, 5.74) is 0.262. The zero-order valence-electron chi connectivity index (χ0n) is 9.56. The summed E-state index contributed by atoms with van der Waals surface area (Å²) in [6, 6.07) is 0. The zero-order chi connectivity index (χ0) is 11.7. The molecule has 1 spiro atoms. The molecule has 3 heterocycles. The number of carbonyl (C=O) groups is 1. The average Bonchev–Trinajstić information content (AvgIpc) is 2.99. The number of nitrogens with zero attached hydrogens (tertiary/aromatic N) is 4. The van der Waals surface area contributed by atoms with Crippen LogP contribution in [0, 0.1) is 5.41 Å². The second-order valence-electron chi connectivity index (χ2n) is 4.82. The monoisotopic (exact) mass is 237 g/mol. The van der Waals surface area contributed by atoms with Crippen molar-refractivity contribution in [2.45, 2.75) is 19.3 Å². The summed E-state index contributed by atoms with van der Waals surface area (Å²) in [6.07, 6.45) is 3.14. The third-order valence-corrected chi connectivity index (χ3v) is 3.82. The van der Waals surface area contributed by atoms with Gasteiger partial charge in [-0.1, -0.05) is 0 Å². The van der Waals surface area contributed by atoms with Gasteiger partial charge in [0.15, 0.2) is 0 Å². The van der Waals surface area contributed by atoms with E-state index in [4.69, 9.17) is 4.74 Å². The number of ether oxygens (including phenoxy) is 1. The van der Waals surface area contributed by atoms with Crippen molar-refractivity contribution in [2.24, 2.45) is 5.41 Å². The maximum Gasteiger partial charge on any atom is 0.295 e. The highest BCUT2D eigenvalue weighted by Crippen LogP contribution is 2.39. The molecule has 0 aromatic carbocycles. The Morgan fingerprint density at radius 3 is 2.88 bits per heavy atom. The Labute approximate surface area is 98.5 Å². The van der Waals surface area contributed by atoms with E-state index in [0.29, 0.717) is 0 Å². The summed E-state index contributed by atoms with van der Waals surface area (Å²) < 4.78 is 5.38. The highest BCUT2D eigenvalue weighted by Gasteiger charge is 2.41. The standard InChI is InChI=1S/C10H15N5O2/c16-9(8-11-13-14-12-8)15-4-1-10(7-15)2-5-17-6-3-10/h1-7H2,(H,11,12,13,14). The number of tetrazole rings is 1. The van der Waals surface area contributed by atoms with Crippen molar-refractivity contribution in [3.8, 4) is 0 Å². The van der Waals surface area contributed by atoms with Gasteiger partial charge in [0.1, 0.15) is 0 Å². The topological polar surface area (TPSA) is 84.0 Å². The predicted molar refractivity (Wildman–Crippen MR) is 57.2 cm³/mol. The Kier molecular flexibility index (Phi) is 2.54. The van der Waals surface area contributed by atoms with Crippen LogP contribution in [0.2, 0.25) is 0 Å². The molecule has 2 aliphatic rings. The van der Waals surface area contributed by atoms with Crippen LogP contribution in [0.5, 0.6) is 0 Å². The zero-order valence-corrected chi connectivity index (χ0v) is 9.56. The van der Waals surface area contributed by atoms with Crippen LogP contribution >= 0.6 is 0 Å². The van der Waals surface area contributed by atoms with Crippen molar-refractivity contribution < 1.29 is 9.53 Å². The lowest BCUT2D eigenvalue weighted by atomic mass is 9.80. The van der Waals surface area contributed by atoms with Crippen LogP contribution in [0.25, 0.3) is 0 Å². The lowest BCUT2D eigenvalue weighted by Crippen LogP contribution is -2.35. The van der Waals surface area contributed by atoms with Gasteiger partial charge in [0.05, 0.1) is 0 Å². The summed E-state index contributed by atoms with van der Waals surface area (Å²) >= 11 is 0. The third-order valence-electron chi connectivity index (χ3n) is 3.82. The van der Waals surface area contributed by atoms with Crippen molar-refractivity contribution in [1.82, 2.24) is 25.5 Å². The molecule has 1 aromatic heterocycles. The lowest BCUT2D eigenvalue weighted by Gasteiger charge is -2.32. The Morgan fingerprint density at radius 1 is 1.35 bits per heavy atom. The molecule has 1 aromatic rings. The summed E-state index contributed by atoms with van der Waals surface area (Å²) in [4.78, 5) is 13.9. The Morgan fingerprint density at radius 2 is 2.18 bits per heavy atom. The SMILES string of the molecule is O=C(c1nn[nH]n1)N1CCC2(CCOCC2)C1. The van der Waals surface area contributed by atoms with E-state index in [-0.39, 0.29) is 17.1 Å². The molecule has 1 N–H and O–H groups in total. The smallest absolute Gasteiger partial charge is 0.295 e. The van der Waals surface area contributed by atoms with Crippen molar-refractivity contribution in [3.05, 3.63) is 5.82 Å². The Hall–Kier alpha value is -1.50. The van der Waals surface area contributed by atoms with Gasteiger partial charge >= 0.3 is 0 Å². The molecule has 1 amide bonds. The Balaban J connectivity index is 1.69. The molecule has 3 rings (SSSR count). The normalized spacial score (nSPS) is 23.2. The minimum atomic E-state index is -0.123. The first-order valence-corrected chi connectivity index (χ1v) is 5.90. The van der Waals surface area contributed by atoms with E-state index in [1.165, 1.54) is 0 Å². The summed E-state index contributed by atoms with van der Waals surface area (Å²) in [5, 5.41) is 13.2. The van der Waals surface area contributed by atoms with E-state index in [2.05, 4.69) is 20.6 Å². The molecular formula is C10H15N5O2. The van der Waals surface area contributed by atoms with Gasteiger partial charge in [-0.05, 0) is 29.9 Å². The predicted octanol–water partition coefficient (Wildman–Crippen LogP) is -0.158. The lowest BCUT2D eigenvalue weighted by molar-refractivity contribution is 0.0190. The number of aromatic nitrogens is 4. The quantitative estimate of drug-likeness (QED) is 0.733. The Bertz CT molecular complexity index is 399. The fourth-order valence-electron chi connectivity index (χ4n) is 2.71. The van der Waals surface area contributed by atoms with Crippen LogP contribution in [0.4, 0.5) is 0 Å². The number of nitrogens with one attached hydrogen (secondary N) is 1. The molecule has 0 bridgehead atoms. The fourth-order valence-corrected chi connectivity index (χ4v) is 2.71. The van der Waals surface area contributed by atoms with Gasteiger partial charge < -0.3 is 9.64 Å². The molecule has 2 aliphatic heterocycles. The van der Waals surface area contributed by atoms with Crippen LogP contribution in [0.1, 0.15) is 29.9 Å². The van der Waals surface area contributed by atoms with E-state index in [1.807, 2.05) is 4.90 Å². The number of aromatic amines is 1. The van der Waals surface area contributed by atoms with Crippen molar-refractivity contribution >= 4 is 5.91 Å². The van der Waals surface area contributed by atoms with Gasteiger partial charge in [-0.15, -0.1) is 10.2 Å². The highest BCUT2D eigenvalue weighted by atomic mass is 16.5. The molecule has 0 atom stereocenters. The first-order valence-electron chi connectivity index (χ1n) is 5.90. The number of carbonyl (C=O) groups excluding carboxylic acids is 1. The largest absolute Gasteiger partial charge is 0.381 e. The van der Waals surface area contributed by atoms with Gasteiger partial charge in [-0.25, -0.2) is 0 Å². The molecule has 2 fully saturated rings. The van der Waals surface area contributed by atoms with E-state index in [0.717, 1.165) is 45.6 Å². The van der Waals surface area contributed by atoms with Gasteiger partial charge in [-0.2, -0.15) is 5.21 Å². The summed E-state index contributed by atoms with van der Waals surface area (Å²) in [6.45, 7) is 3.20. The minimum absolute atomic E-state index is 0.123. The molecule has 7 nitrogen and oxygen atoms in total. The molecule has 92 valence electrons. The van der Waals surface area contributed by atoms with Gasteiger partial charge in [0, 0.05) is 26.3 Å². The third kappa shape index (κ3) is 1.90. The molecule has 2 saturated heterocycles. The number of H-pyrrole nitrogens is 1. The average molecular weight is 237 g/mol. The number of hydrogen-bond donors (Lipinski definition) is 1. The van der Waals surface area contributed by atoms with Gasteiger partial charge in [0.25, 0.3) is 11.7 Å². The van der Waals surface area contributed by atoms with Crippen LogP contribution < -0.4 is 0 Å². The van der Waals surface area contributed by atoms with Crippen LogP contribution in [-0.4, -0.2) is 57.7 Å². The number of rotatable bonds is 1. The molecule has 17 heavy (non-hydrogen) atoms. The molecule has 0 radical (unpaired) electrons. The van der Waals surface area contributed by atoms with Crippen LogP contribution in [0.15, 0.2) is 0 Å². The van der Waals surface area contributed by atoms with Crippen LogP contribution in [-0.2, 0) is 4.74 Å². The van der Waals surface area contributed by atoms with Crippen molar-refractivity contribution in [3.63, 3.8) is 0 Å². The number of amides is 1. The van der Waals surface area contributed by atoms with E-state index < -0.39 is 0 Å². The van der Waals surface area contributed by atoms with E-state index >= 15 is 0 Å². The first kappa shape index (κ1) is 10.6. The van der Waals surface area contributed by atoms with Gasteiger partial charge in [-0.3, -0.25) is 4.79 Å². The van der Waals surface area contributed by atoms with Gasteiger partial charge in [0.2, 0.25) is 0 Å². The summed E-state index contributed by atoms with van der Waals surface area (Å²) in [5.74, 6) is 0.0382. The fraction of sp³-hybridized carbons (Fsp3) is 0.800. The maximum absolute atomic E-state index is 12.0. The highest BCUT2D eigenvalue weighted by molar-refractivity contribution is 5.90. The first-order chi connectivity index (χ1) is 8.29. The summed E-state index contributed by atoms with van der Waals surface area (Å²) in [7, 11) is 0. The van der Waals surface area contributed by atoms with Crippen LogP contribution in [0.3, 0.4) is 0 Å². The van der Waals surface area contributed by atoms with E-state index in [1.54, 1.807) is 0 Å². The molecule has 7 heteroatoms. The molecule has 0 saturated carbocycles. The second kappa shape index (κ2) is 4.06. The number of hydrogen-bond acceptors (Lipinski definition) is 5. The molecule has 0 aliphatic carbocycles. The van der Waals surface area contributed by atoms with E-state index in [9.17, 15) is 4.79 Å². The molecule has 0 unspecified atom stereocenters. The maximum atomic E-state index is 12.0.